The Morgan fingerprint density at radius 3 is 2.65 bits per heavy atom. The minimum absolute atomic E-state index is 0.0931. The molecule has 2 aliphatic heterocycles. The third-order valence-corrected chi connectivity index (χ3v) is 7.11. The lowest BCUT2D eigenvalue weighted by Gasteiger charge is -2.25. The molecule has 2 aliphatic rings. The molecule has 4 rings (SSSR count). The maximum atomic E-state index is 12.6. The molecular formula is C23H30BrN5O2. The van der Waals surface area contributed by atoms with E-state index in [4.69, 9.17) is 9.72 Å². The lowest BCUT2D eigenvalue weighted by molar-refractivity contribution is 0.0289. The fourth-order valence-corrected chi connectivity index (χ4v) is 4.96. The molecule has 0 N–H and O–H groups in total. The van der Waals surface area contributed by atoms with E-state index in [0.717, 1.165) is 52.9 Å². The number of halogens is 1. The minimum atomic E-state index is -0.515. The number of benzene rings is 1. The van der Waals surface area contributed by atoms with E-state index in [-0.39, 0.29) is 12.1 Å². The molecule has 3 heterocycles. The molecule has 7 nitrogen and oxygen atoms in total. The van der Waals surface area contributed by atoms with Crippen LogP contribution in [0.25, 0.3) is 11.0 Å². The van der Waals surface area contributed by atoms with Gasteiger partial charge in [-0.3, -0.25) is 0 Å². The Kier molecular flexibility index (Phi) is 5.67. The van der Waals surface area contributed by atoms with Gasteiger partial charge < -0.3 is 19.1 Å². The van der Waals surface area contributed by atoms with Crippen LogP contribution in [0, 0.1) is 24.2 Å². The summed E-state index contributed by atoms with van der Waals surface area (Å²) in [6, 6.07) is 4.53. The number of amides is 1. The Balaban J connectivity index is 1.77. The normalized spacial score (nSPS) is 21.7. The summed E-state index contributed by atoms with van der Waals surface area (Å²) in [7, 11) is 0. The van der Waals surface area contributed by atoms with Crippen molar-refractivity contribution >= 4 is 39.0 Å². The zero-order valence-corrected chi connectivity index (χ0v) is 20.5. The highest BCUT2D eigenvalue weighted by Gasteiger charge is 2.35. The number of likely N-dealkylation sites (tertiary alicyclic amines) is 1. The predicted molar refractivity (Wildman–Crippen MR) is 124 cm³/mol. The van der Waals surface area contributed by atoms with Gasteiger partial charge in [0.15, 0.2) is 0 Å². The van der Waals surface area contributed by atoms with Crippen LogP contribution in [-0.2, 0) is 4.74 Å². The number of hydrogen-bond acceptors (Lipinski definition) is 5. The number of imidazole rings is 1. The van der Waals surface area contributed by atoms with Crippen LogP contribution in [0.15, 0.2) is 10.5 Å². The molecule has 2 atom stereocenters. The minimum Gasteiger partial charge on any atom is -0.444 e. The van der Waals surface area contributed by atoms with Crippen LogP contribution < -0.4 is 4.90 Å². The van der Waals surface area contributed by atoms with Crippen LogP contribution in [0.1, 0.15) is 57.7 Å². The molecule has 31 heavy (non-hydrogen) atoms. The lowest BCUT2D eigenvalue weighted by Crippen LogP contribution is -2.35. The van der Waals surface area contributed by atoms with E-state index in [1.165, 1.54) is 0 Å². The molecule has 0 aliphatic carbocycles. The molecule has 1 unspecified atom stereocenters. The second kappa shape index (κ2) is 8.01. The fraction of sp³-hybridized carbons (Fsp3) is 0.609. The molecular weight excluding hydrogens is 458 g/mol. The van der Waals surface area contributed by atoms with E-state index >= 15 is 0 Å². The van der Waals surface area contributed by atoms with E-state index < -0.39 is 5.60 Å². The summed E-state index contributed by atoms with van der Waals surface area (Å²) in [5.41, 5.74) is 2.75. The van der Waals surface area contributed by atoms with Gasteiger partial charge in [0.25, 0.3) is 0 Å². The van der Waals surface area contributed by atoms with Gasteiger partial charge in [0, 0.05) is 30.7 Å². The quantitative estimate of drug-likeness (QED) is 0.595. The highest BCUT2D eigenvalue weighted by atomic mass is 79.9. The highest BCUT2D eigenvalue weighted by molar-refractivity contribution is 9.10. The van der Waals surface area contributed by atoms with E-state index in [2.05, 4.69) is 44.5 Å². The number of aryl methyl sites for hydroxylation is 1. The van der Waals surface area contributed by atoms with Crippen LogP contribution in [0.4, 0.5) is 10.7 Å². The molecule has 2 fully saturated rings. The predicted octanol–water partition coefficient (Wildman–Crippen LogP) is 5.01. The molecule has 0 saturated carbocycles. The highest BCUT2D eigenvalue weighted by Crippen LogP contribution is 2.38. The van der Waals surface area contributed by atoms with Gasteiger partial charge >= 0.3 is 6.09 Å². The smallest absolute Gasteiger partial charge is 0.410 e. The summed E-state index contributed by atoms with van der Waals surface area (Å²) < 4.78 is 8.66. The topological polar surface area (TPSA) is 74.4 Å². The van der Waals surface area contributed by atoms with Crippen LogP contribution in [0.5, 0.6) is 0 Å². The van der Waals surface area contributed by atoms with Crippen molar-refractivity contribution in [2.75, 3.05) is 31.1 Å². The first kappa shape index (κ1) is 21.9. The van der Waals surface area contributed by atoms with Crippen molar-refractivity contribution in [1.82, 2.24) is 14.5 Å². The number of carbonyl (C=O) groups is 1. The van der Waals surface area contributed by atoms with Crippen LogP contribution in [0.3, 0.4) is 0 Å². The fourth-order valence-electron chi connectivity index (χ4n) is 4.57. The van der Waals surface area contributed by atoms with Gasteiger partial charge in [0.05, 0.1) is 17.1 Å². The first-order valence-electron chi connectivity index (χ1n) is 10.9. The molecule has 166 valence electrons. The van der Waals surface area contributed by atoms with Gasteiger partial charge in [-0.05, 0) is 74.0 Å². The van der Waals surface area contributed by atoms with Crippen molar-refractivity contribution in [1.29, 1.82) is 5.26 Å². The van der Waals surface area contributed by atoms with Crippen molar-refractivity contribution < 1.29 is 9.53 Å². The first-order valence-corrected chi connectivity index (χ1v) is 11.7. The van der Waals surface area contributed by atoms with Crippen molar-refractivity contribution in [2.45, 2.75) is 59.1 Å². The zero-order valence-electron chi connectivity index (χ0n) is 18.9. The molecule has 2 saturated heterocycles. The number of fused-ring (bicyclic) bond motifs is 1. The Morgan fingerprint density at radius 2 is 2.03 bits per heavy atom. The molecule has 0 radical (unpaired) electrons. The monoisotopic (exact) mass is 487 g/mol. The number of ether oxygens (including phenoxy) is 1. The number of carbonyl (C=O) groups excluding carboxylic acids is 1. The van der Waals surface area contributed by atoms with Crippen LogP contribution >= 0.6 is 15.9 Å². The molecule has 1 aromatic heterocycles. The molecule has 8 heteroatoms. The van der Waals surface area contributed by atoms with Gasteiger partial charge in [-0.1, -0.05) is 6.92 Å². The lowest BCUT2D eigenvalue weighted by atomic mass is 10.1. The average Bonchev–Trinajstić information content (AvgIpc) is 3.39. The third-order valence-electron chi connectivity index (χ3n) is 6.08. The third kappa shape index (κ3) is 4.12. The second-order valence-electron chi connectivity index (χ2n) is 9.85. The molecule has 0 spiro atoms. The van der Waals surface area contributed by atoms with Crippen LogP contribution in [-0.4, -0.2) is 52.3 Å². The summed E-state index contributed by atoms with van der Waals surface area (Å²) >= 11 is 3.57. The average molecular weight is 488 g/mol. The van der Waals surface area contributed by atoms with Gasteiger partial charge in [0.1, 0.15) is 17.2 Å². The zero-order chi connectivity index (χ0) is 22.5. The van der Waals surface area contributed by atoms with Gasteiger partial charge in [0.2, 0.25) is 5.95 Å². The van der Waals surface area contributed by atoms with Gasteiger partial charge in [-0.25, -0.2) is 9.78 Å². The van der Waals surface area contributed by atoms with Gasteiger partial charge in [-0.15, -0.1) is 0 Å². The number of nitriles is 1. The Morgan fingerprint density at radius 1 is 1.29 bits per heavy atom. The van der Waals surface area contributed by atoms with E-state index in [1.807, 2.05) is 27.7 Å². The number of rotatable bonds is 2. The summed E-state index contributed by atoms with van der Waals surface area (Å²) in [5.74, 6) is 1.52. The maximum absolute atomic E-state index is 12.6. The number of anilines is 1. The summed E-state index contributed by atoms with van der Waals surface area (Å²) in [6.07, 6.45) is 1.69. The Labute approximate surface area is 192 Å². The molecule has 1 amide bonds. The first-order chi connectivity index (χ1) is 14.6. The molecule has 1 aromatic carbocycles. The number of nitrogens with zero attached hydrogens (tertiary/aromatic N) is 5. The molecule has 2 aromatic rings. The summed E-state index contributed by atoms with van der Waals surface area (Å²) in [6.45, 7) is 13.1. The largest absolute Gasteiger partial charge is 0.444 e. The van der Waals surface area contributed by atoms with Gasteiger partial charge in [-0.2, -0.15) is 5.26 Å². The van der Waals surface area contributed by atoms with E-state index in [9.17, 15) is 10.1 Å². The standard InChI is InChI=1S/C23H30BrN5O2/c1-14-6-8-27(12-14)21-26-20-17(11-25)19(24)15(2)10-18(20)29(21)16-7-9-28(13-16)22(30)31-23(3,4)5/h10,14,16H,6-9,12-13H2,1-5H3/t14?,16-/m0/s1. The maximum Gasteiger partial charge on any atom is 0.410 e. The number of aromatic nitrogens is 2. The van der Waals surface area contributed by atoms with Crippen molar-refractivity contribution in [3.8, 4) is 6.07 Å². The van der Waals surface area contributed by atoms with Crippen LogP contribution in [0.2, 0.25) is 0 Å². The number of hydrogen-bond donors (Lipinski definition) is 0. The Hall–Kier alpha value is -2.27. The summed E-state index contributed by atoms with van der Waals surface area (Å²) in [5, 5.41) is 9.82. The van der Waals surface area contributed by atoms with E-state index in [1.54, 1.807) is 4.90 Å². The SMILES string of the molecule is Cc1cc2c(nc(N3CCC(C)C3)n2[C@H]2CCN(C(=O)OC(C)(C)C)C2)c(C#N)c1Br. The van der Waals surface area contributed by atoms with E-state index in [0.29, 0.717) is 24.6 Å². The second-order valence-corrected chi connectivity index (χ2v) is 10.6. The van der Waals surface area contributed by atoms with Crippen molar-refractivity contribution in [3.63, 3.8) is 0 Å². The van der Waals surface area contributed by atoms with Crippen molar-refractivity contribution in [2.24, 2.45) is 5.92 Å². The van der Waals surface area contributed by atoms with Crippen molar-refractivity contribution in [3.05, 3.63) is 21.7 Å². The molecule has 0 bridgehead atoms. The summed E-state index contributed by atoms with van der Waals surface area (Å²) in [4.78, 5) is 21.7. The Bertz CT molecular complexity index is 1060.